The third-order valence-electron chi connectivity index (χ3n) is 4.32. The number of nitrogens with one attached hydrogen (secondary N) is 1. The predicted octanol–water partition coefficient (Wildman–Crippen LogP) is 1.00. The molecule has 0 aromatic carbocycles. The van der Waals surface area contributed by atoms with E-state index in [0.717, 1.165) is 24.4 Å². The Hall–Kier alpha value is -0.980. The molecule has 2 aliphatic heterocycles. The minimum Gasteiger partial charge on any atom is -0.346 e. The monoisotopic (exact) mass is 294 g/mol. The van der Waals surface area contributed by atoms with E-state index in [0.29, 0.717) is 24.3 Å². The van der Waals surface area contributed by atoms with Gasteiger partial charge in [0.25, 0.3) is 5.91 Å². The number of carbonyl (C=O) groups excluding carboxylic acids is 1. The molecule has 2 saturated heterocycles. The maximum absolute atomic E-state index is 12.3. The predicted molar refractivity (Wildman–Crippen MR) is 80.0 cm³/mol. The van der Waals surface area contributed by atoms with Crippen LogP contribution in [0.4, 0.5) is 0 Å². The Morgan fingerprint density at radius 2 is 2.35 bits per heavy atom. The van der Waals surface area contributed by atoms with Gasteiger partial charge in [0.15, 0.2) is 0 Å². The molecular weight excluding hydrogens is 272 g/mol. The van der Waals surface area contributed by atoms with Crippen LogP contribution in [-0.4, -0.2) is 47.5 Å². The molecule has 2 fully saturated rings. The van der Waals surface area contributed by atoms with E-state index < -0.39 is 0 Å². The number of thiazole rings is 1. The van der Waals surface area contributed by atoms with Crippen molar-refractivity contribution in [1.29, 1.82) is 0 Å². The van der Waals surface area contributed by atoms with E-state index in [1.165, 1.54) is 37.1 Å². The molecule has 5 nitrogen and oxygen atoms in total. The average Bonchev–Trinajstić information content (AvgIpc) is 3.07. The minimum absolute atomic E-state index is 0.0260. The molecule has 110 valence electrons. The molecule has 2 atom stereocenters. The Kier molecular flexibility index (Phi) is 4.33. The van der Waals surface area contributed by atoms with Gasteiger partial charge in [-0.1, -0.05) is 6.42 Å². The lowest BCUT2D eigenvalue weighted by Gasteiger charge is -2.32. The number of amides is 1. The van der Waals surface area contributed by atoms with Crippen molar-refractivity contribution in [2.24, 2.45) is 5.73 Å². The largest absolute Gasteiger partial charge is 0.346 e. The average molecular weight is 294 g/mol. The highest BCUT2D eigenvalue weighted by molar-refractivity contribution is 7.09. The Bertz CT molecular complexity index is 475. The molecule has 0 spiro atoms. The minimum atomic E-state index is -0.0260. The first-order valence-electron chi connectivity index (χ1n) is 7.47. The first-order valence-corrected chi connectivity index (χ1v) is 8.35. The number of rotatable bonds is 4. The van der Waals surface area contributed by atoms with Crippen molar-refractivity contribution >= 4 is 17.2 Å². The molecular formula is C14H22N4OS. The smallest absolute Gasteiger partial charge is 0.271 e. The number of fused-ring (bicyclic) bond motifs is 1. The summed E-state index contributed by atoms with van der Waals surface area (Å²) in [4.78, 5) is 19.2. The van der Waals surface area contributed by atoms with Crippen LogP contribution in [0.5, 0.6) is 0 Å². The second kappa shape index (κ2) is 6.20. The van der Waals surface area contributed by atoms with Crippen molar-refractivity contribution < 1.29 is 4.79 Å². The number of hydrogen-bond donors (Lipinski definition) is 2. The zero-order valence-electron chi connectivity index (χ0n) is 11.7. The van der Waals surface area contributed by atoms with Crippen molar-refractivity contribution in [3.8, 4) is 0 Å². The number of nitrogens with two attached hydrogens (primary N) is 1. The van der Waals surface area contributed by atoms with E-state index in [-0.39, 0.29) is 5.91 Å². The third kappa shape index (κ3) is 2.87. The van der Waals surface area contributed by atoms with Crippen LogP contribution in [0.25, 0.3) is 0 Å². The topological polar surface area (TPSA) is 71.2 Å². The molecule has 0 saturated carbocycles. The van der Waals surface area contributed by atoms with Gasteiger partial charge in [-0.3, -0.25) is 9.69 Å². The number of aromatic nitrogens is 1. The number of piperidine rings is 1. The number of carbonyl (C=O) groups is 1. The van der Waals surface area contributed by atoms with Gasteiger partial charge in [0, 0.05) is 30.4 Å². The van der Waals surface area contributed by atoms with Crippen molar-refractivity contribution in [2.45, 2.75) is 44.2 Å². The highest BCUT2D eigenvalue weighted by Crippen LogP contribution is 2.27. The Morgan fingerprint density at radius 1 is 1.45 bits per heavy atom. The second-order valence-electron chi connectivity index (χ2n) is 5.63. The van der Waals surface area contributed by atoms with Crippen LogP contribution < -0.4 is 11.1 Å². The van der Waals surface area contributed by atoms with Gasteiger partial charge >= 0.3 is 0 Å². The van der Waals surface area contributed by atoms with Crippen LogP contribution in [0.3, 0.4) is 0 Å². The molecule has 3 heterocycles. The van der Waals surface area contributed by atoms with Crippen LogP contribution in [0, 0.1) is 0 Å². The van der Waals surface area contributed by atoms with E-state index in [4.69, 9.17) is 5.73 Å². The summed E-state index contributed by atoms with van der Waals surface area (Å²) >= 11 is 1.52. The Balaban J connectivity index is 1.60. The summed E-state index contributed by atoms with van der Waals surface area (Å²) in [5.41, 5.74) is 6.06. The van der Waals surface area contributed by atoms with Gasteiger partial charge in [-0.25, -0.2) is 4.98 Å². The molecule has 0 aliphatic carbocycles. The van der Waals surface area contributed by atoms with E-state index >= 15 is 0 Å². The molecule has 0 bridgehead atoms. The summed E-state index contributed by atoms with van der Waals surface area (Å²) in [6.07, 6.45) is 5.60. The van der Waals surface area contributed by atoms with Crippen LogP contribution in [-0.2, 0) is 6.42 Å². The molecule has 2 unspecified atom stereocenters. The van der Waals surface area contributed by atoms with Crippen molar-refractivity contribution in [3.63, 3.8) is 0 Å². The SMILES string of the molecule is NCCc1nc(C(=O)NC2CCN3CCCCC23)cs1. The summed E-state index contributed by atoms with van der Waals surface area (Å²) in [6.45, 7) is 2.88. The Morgan fingerprint density at radius 3 is 3.20 bits per heavy atom. The molecule has 1 aromatic rings. The fourth-order valence-corrected chi connectivity index (χ4v) is 4.11. The molecule has 3 rings (SSSR count). The van der Waals surface area contributed by atoms with Gasteiger partial charge in [-0.05, 0) is 32.4 Å². The van der Waals surface area contributed by atoms with Crippen molar-refractivity contribution in [3.05, 3.63) is 16.1 Å². The van der Waals surface area contributed by atoms with Gasteiger partial charge in [0.05, 0.1) is 5.01 Å². The molecule has 20 heavy (non-hydrogen) atoms. The molecule has 6 heteroatoms. The highest BCUT2D eigenvalue weighted by atomic mass is 32.1. The standard InChI is InChI=1S/C14H22N4OS/c15-6-4-13-16-11(9-20-13)14(19)17-10-5-8-18-7-2-1-3-12(10)18/h9-10,12H,1-8,15H2,(H,17,19). The second-order valence-corrected chi connectivity index (χ2v) is 6.58. The van der Waals surface area contributed by atoms with Gasteiger partial charge in [-0.2, -0.15) is 0 Å². The lowest BCUT2D eigenvalue weighted by Crippen LogP contribution is -2.46. The van der Waals surface area contributed by atoms with Crippen LogP contribution >= 0.6 is 11.3 Å². The summed E-state index contributed by atoms with van der Waals surface area (Å²) < 4.78 is 0. The fraction of sp³-hybridized carbons (Fsp3) is 0.714. The van der Waals surface area contributed by atoms with E-state index in [1.54, 1.807) is 0 Å². The van der Waals surface area contributed by atoms with Crippen molar-refractivity contribution in [2.75, 3.05) is 19.6 Å². The third-order valence-corrected chi connectivity index (χ3v) is 5.22. The maximum atomic E-state index is 12.3. The van der Waals surface area contributed by atoms with E-state index in [2.05, 4.69) is 15.2 Å². The summed E-state index contributed by atoms with van der Waals surface area (Å²) in [5, 5.41) is 5.97. The van der Waals surface area contributed by atoms with Gasteiger partial charge < -0.3 is 11.1 Å². The highest BCUT2D eigenvalue weighted by Gasteiger charge is 2.36. The van der Waals surface area contributed by atoms with E-state index in [9.17, 15) is 4.79 Å². The molecule has 0 radical (unpaired) electrons. The quantitative estimate of drug-likeness (QED) is 0.869. The summed E-state index contributed by atoms with van der Waals surface area (Å²) in [6, 6.07) is 0.831. The lowest BCUT2D eigenvalue weighted by atomic mass is 9.99. The first-order chi connectivity index (χ1) is 9.78. The molecule has 2 aliphatic rings. The lowest BCUT2D eigenvalue weighted by molar-refractivity contribution is 0.0911. The first kappa shape index (κ1) is 14.0. The van der Waals surface area contributed by atoms with Gasteiger partial charge in [0.1, 0.15) is 5.69 Å². The van der Waals surface area contributed by atoms with Crippen LogP contribution in [0.2, 0.25) is 0 Å². The van der Waals surface area contributed by atoms with Gasteiger partial charge in [0.2, 0.25) is 0 Å². The maximum Gasteiger partial charge on any atom is 0.271 e. The molecule has 3 N–H and O–H groups in total. The van der Waals surface area contributed by atoms with Crippen LogP contribution in [0.1, 0.15) is 41.2 Å². The number of hydrogen-bond acceptors (Lipinski definition) is 5. The van der Waals surface area contributed by atoms with Crippen LogP contribution in [0.15, 0.2) is 5.38 Å². The number of nitrogens with zero attached hydrogens (tertiary/aromatic N) is 2. The zero-order valence-corrected chi connectivity index (χ0v) is 12.5. The summed E-state index contributed by atoms with van der Waals surface area (Å²) in [7, 11) is 0. The zero-order chi connectivity index (χ0) is 13.9. The van der Waals surface area contributed by atoms with Gasteiger partial charge in [-0.15, -0.1) is 11.3 Å². The van der Waals surface area contributed by atoms with Crippen molar-refractivity contribution in [1.82, 2.24) is 15.2 Å². The van der Waals surface area contributed by atoms with E-state index in [1.807, 2.05) is 5.38 Å². The fourth-order valence-electron chi connectivity index (χ4n) is 3.31. The summed E-state index contributed by atoms with van der Waals surface area (Å²) in [5.74, 6) is -0.0260. The Labute approximate surface area is 123 Å². The molecule has 1 amide bonds. The molecule has 1 aromatic heterocycles. The normalized spacial score (nSPS) is 26.4.